The van der Waals surface area contributed by atoms with Gasteiger partial charge in [0.05, 0.1) is 12.7 Å². The van der Waals surface area contributed by atoms with Crippen molar-refractivity contribution in [2.45, 2.75) is 51.2 Å². The van der Waals surface area contributed by atoms with Gasteiger partial charge in [0.25, 0.3) is 0 Å². The summed E-state index contributed by atoms with van der Waals surface area (Å²) in [6, 6.07) is 0.504. The van der Waals surface area contributed by atoms with Gasteiger partial charge in [-0.1, -0.05) is 6.92 Å². The van der Waals surface area contributed by atoms with Gasteiger partial charge in [0, 0.05) is 32.0 Å². The van der Waals surface area contributed by atoms with Gasteiger partial charge in [-0.2, -0.15) is 0 Å². The van der Waals surface area contributed by atoms with E-state index in [-0.39, 0.29) is 0 Å². The summed E-state index contributed by atoms with van der Waals surface area (Å²) in [5.41, 5.74) is 0. The van der Waals surface area contributed by atoms with Crippen LogP contribution in [0.2, 0.25) is 0 Å². The quantitative estimate of drug-likeness (QED) is 0.695. The van der Waals surface area contributed by atoms with Gasteiger partial charge in [0.1, 0.15) is 5.78 Å². The van der Waals surface area contributed by atoms with Gasteiger partial charge in [0.15, 0.2) is 0 Å². The highest BCUT2D eigenvalue weighted by Crippen LogP contribution is 2.22. The zero-order chi connectivity index (χ0) is 10.7. The summed E-state index contributed by atoms with van der Waals surface area (Å²) in [5, 5.41) is 0. The second-order valence-electron chi connectivity index (χ2n) is 4.68. The average molecular weight is 211 g/mol. The Morgan fingerprint density at radius 1 is 1.53 bits per heavy atom. The van der Waals surface area contributed by atoms with Crippen LogP contribution in [0, 0.1) is 0 Å². The molecule has 0 aromatic heterocycles. The van der Waals surface area contributed by atoms with E-state index in [9.17, 15) is 4.79 Å². The van der Waals surface area contributed by atoms with Gasteiger partial charge >= 0.3 is 0 Å². The fourth-order valence-corrected chi connectivity index (χ4v) is 2.63. The van der Waals surface area contributed by atoms with E-state index in [2.05, 4.69) is 11.8 Å². The maximum absolute atomic E-state index is 11.4. The summed E-state index contributed by atoms with van der Waals surface area (Å²) in [4.78, 5) is 13.9. The van der Waals surface area contributed by atoms with E-state index >= 15 is 0 Å². The van der Waals surface area contributed by atoms with Crippen LogP contribution in [0.25, 0.3) is 0 Å². The van der Waals surface area contributed by atoms with Crippen LogP contribution in [0.15, 0.2) is 0 Å². The number of carbonyl (C=O) groups excluding carboxylic acids is 1. The summed E-state index contributed by atoms with van der Waals surface area (Å²) >= 11 is 0. The fourth-order valence-electron chi connectivity index (χ4n) is 2.63. The lowest BCUT2D eigenvalue weighted by Crippen LogP contribution is -2.49. The summed E-state index contributed by atoms with van der Waals surface area (Å²) in [5.74, 6) is 0.450. The van der Waals surface area contributed by atoms with E-state index in [1.54, 1.807) is 0 Å². The molecule has 3 nitrogen and oxygen atoms in total. The molecule has 0 amide bonds. The molecule has 1 saturated heterocycles. The van der Waals surface area contributed by atoms with E-state index in [0.717, 1.165) is 45.4 Å². The van der Waals surface area contributed by atoms with Gasteiger partial charge in [0.2, 0.25) is 0 Å². The molecule has 2 atom stereocenters. The number of ether oxygens (including phenoxy) is 1. The van der Waals surface area contributed by atoms with Crippen molar-refractivity contribution in [2.24, 2.45) is 0 Å². The first kappa shape index (κ1) is 11.1. The van der Waals surface area contributed by atoms with Crippen molar-refractivity contribution in [3.05, 3.63) is 0 Å². The zero-order valence-electron chi connectivity index (χ0n) is 9.58. The van der Waals surface area contributed by atoms with Gasteiger partial charge < -0.3 is 4.74 Å². The molecule has 1 saturated carbocycles. The number of carbonyl (C=O) groups is 1. The summed E-state index contributed by atoms with van der Waals surface area (Å²) in [6.07, 6.45) is 5.32. The third kappa shape index (κ3) is 2.79. The molecule has 0 bridgehead atoms. The van der Waals surface area contributed by atoms with Crippen LogP contribution in [-0.4, -0.2) is 42.5 Å². The first-order chi connectivity index (χ1) is 7.29. The first-order valence-corrected chi connectivity index (χ1v) is 6.17. The van der Waals surface area contributed by atoms with Crippen LogP contribution in [0.3, 0.4) is 0 Å². The second-order valence-corrected chi connectivity index (χ2v) is 4.68. The molecule has 2 rings (SSSR count). The maximum Gasteiger partial charge on any atom is 0.134 e. The summed E-state index contributed by atoms with van der Waals surface area (Å²) < 4.78 is 5.65. The van der Waals surface area contributed by atoms with Crippen molar-refractivity contribution in [3.8, 4) is 0 Å². The number of hydrogen-bond acceptors (Lipinski definition) is 3. The van der Waals surface area contributed by atoms with Gasteiger partial charge in [-0.05, 0) is 19.3 Å². The minimum absolute atomic E-state index is 0.385. The third-order valence-corrected chi connectivity index (χ3v) is 3.60. The van der Waals surface area contributed by atoms with Gasteiger partial charge in [-0.15, -0.1) is 0 Å². The minimum atomic E-state index is 0.385. The lowest BCUT2D eigenvalue weighted by molar-refractivity contribution is -0.123. The summed E-state index contributed by atoms with van der Waals surface area (Å²) in [6.45, 7) is 5.03. The van der Waals surface area contributed by atoms with Crippen LogP contribution in [0.4, 0.5) is 0 Å². The highest BCUT2D eigenvalue weighted by Gasteiger charge is 2.28. The Kier molecular flexibility index (Phi) is 3.76. The Bertz CT molecular complexity index is 230. The first-order valence-electron chi connectivity index (χ1n) is 6.17. The molecule has 0 aromatic carbocycles. The van der Waals surface area contributed by atoms with E-state index in [1.165, 1.54) is 6.42 Å². The fraction of sp³-hybridized carbons (Fsp3) is 0.917. The van der Waals surface area contributed by atoms with Crippen LogP contribution >= 0.6 is 0 Å². The van der Waals surface area contributed by atoms with Crippen LogP contribution in [0.1, 0.15) is 39.0 Å². The molecule has 0 N–H and O–H groups in total. The zero-order valence-corrected chi connectivity index (χ0v) is 9.58. The smallest absolute Gasteiger partial charge is 0.134 e. The Morgan fingerprint density at radius 3 is 3.13 bits per heavy atom. The van der Waals surface area contributed by atoms with E-state index in [4.69, 9.17) is 4.74 Å². The molecule has 2 fully saturated rings. The molecule has 2 unspecified atom stereocenters. The Morgan fingerprint density at radius 2 is 2.40 bits per heavy atom. The second kappa shape index (κ2) is 5.08. The number of ketones is 1. The van der Waals surface area contributed by atoms with Gasteiger partial charge in [-0.25, -0.2) is 0 Å². The maximum atomic E-state index is 11.4. The molecule has 86 valence electrons. The van der Waals surface area contributed by atoms with Crippen molar-refractivity contribution < 1.29 is 9.53 Å². The standard InChI is InChI=1S/C12H21NO2/c1-2-12-9-13(6-7-15-12)10-4-3-5-11(14)8-10/h10,12H,2-9H2,1H3. The van der Waals surface area contributed by atoms with Crippen molar-refractivity contribution in [2.75, 3.05) is 19.7 Å². The van der Waals surface area contributed by atoms with Crippen molar-refractivity contribution in [1.82, 2.24) is 4.90 Å². The number of Topliss-reactive ketones (excluding diaryl/α,β-unsaturated/α-hetero) is 1. The molecular weight excluding hydrogens is 190 g/mol. The summed E-state index contributed by atoms with van der Waals surface area (Å²) in [7, 11) is 0. The Balaban J connectivity index is 1.88. The molecule has 0 aromatic rings. The van der Waals surface area contributed by atoms with Crippen LogP contribution in [0.5, 0.6) is 0 Å². The van der Waals surface area contributed by atoms with Gasteiger partial charge in [-0.3, -0.25) is 9.69 Å². The molecule has 0 radical (unpaired) electrons. The third-order valence-electron chi connectivity index (χ3n) is 3.60. The van der Waals surface area contributed by atoms with Crippen LogP contribution < -0.4 is 0 Å². The molecule has 1 aliphatic heterocycles. The van der Waals surface area contributed by atoms with E-state index < -0.39 is 0 Å². The van der Waals surface area contributed by atoms with Crippen molar-refractivity contribution in [1.29, 1.82) is 0 Å². The Hall–Kier alpha value is -0.410. The SMILES string of the molecule is CCC1CN(C2CCCC(=O)C2)CCO1. The van der Waals surface area contributed by atoms with E-state index in [1.807, 2.05) is 0 Å². The molecule has 15 heavy (non-hydrogen) atoms. The average Bonchev–Trinajstić information content (AvgIpc) is 2.29. The topological polar surface area (TPSA) is 29.5 Å². The monoisotopic (exact) mass is 211 g/mol. The van der Waals surface area contributed by atoms with E-state index in [0.29, 0.717) is 17.9 Å². The molecular formula is C12H21NO2. The van der Waals surface area contributed by atoms with Crippen molar-refractivity contribution >= 4 is 5.78 Å². The lowest BCUT2D eigenvalue weighted by Gasteiger charge is -2.39. The molecule has 0 spiro atoms. The van der Waals surface area contributed by atoms with Crippen molar-refractivity contribution in [3.63, 3.8) is 0 Å². The normalized spacial score (nSPS) is 34.3. The highest BCUT2D eigenvalue weighted by atomic mass is 16.5. The number of hydrogen-bond donors (Lipinski definition) is 0. The number of nitrogens with zero attached hydrogens (tertiary/aromatic N) is 1. The Labute approximate surface area is 91.8 Å². The lowest BCUT2D eigenvalue weighted by atomic mass is 9.92. The minimum Gasteiger partial charge on any atom is -0.376 e. The number of rotatable bonds is 2. The highest BCUT2D eigenvalue weighted by molar-refractivity contribution is 5.79. The molecule has 1 aliphatic carbocycles. The predicted octanol–water partition coefficient (Wildman–Crippen LogP) is 1.61. The van der Waals surface area contributed by atoms with Crippen LogP contribution in [-0.2, 0) is 9.53 Å². The molecule has 2 aliphatic rings. The number of morpholine rings is 1. The largest absolute Gasteiger partial charge is 0.376 e. The predicted molar refractivity (Wildman–Crippen MR) is 58.9 cm³/mol. The molecule has 3 heteroatoms. The molecule has 1 heterocycles.